The highest BCUT2D eigenvalue weighted by molar-refractivity contribution is 14.0. The second kappa shape index (κ2) is 13.7. The van der Waals surface area contributed by atoms with Gasteiger partial charge in [0.05, 0.1) is 0 Å². The van der Waals surface area contributed by atoms with Crippen molar-refractivity contribution in [2.45, 2.75) is 44.6 Å². The average molecular weight is 530 g/mol. The number of amides is 1. The van der Waals surface area contributed by atoms with E-state index in [0.29, 0.717) is 11.8 Å². The number of nitrogens with one attached hydrogen (secondary N) is 3. The van der Waals surface area contributed by atoms with Crippen LogP contribution in [-0.2, 0) is 16.0 Å². The van der Waals surface area contributed by atoms with Crippen LogP contribution in [0, 0.1) is 5.92 Å². The van der Waals surface area contributed by atoms with Crippen LogP contribution in [0.4, 0.5) is 0 Å². The Hall–Kier alpha value is -1.55. The van der Waals surface area contributed by atoms with Crippen molar-refractivity contribution in [3.63, 3.8) is 0 Å². The molecule has 1 aromatic carbocycles. The van der Waals surface area contributed by atoms with Gasteiger partial charge < -0.3 is 25.4 Å². The third-order valence-corrected chi connectivity index (χ3v) is 4.97. The Bertz CT molecular complexity index is 661. The van der Waals surface area contributed by atoms with Crippen LogP contribution in [0.3, 0.4) is 0 Å². The first-order chi connectivity index (χ1) is 14.2. The lowest BCUT2D eigenvalue weighted by molar-refractivity contribution is -0.123. The molecule has 0 bridgehead atoms. The molecule has 30 heavy (non-hydrogen) atoms. The molecule has 8 heteroatoms. The van der Waals surface area contributed by atoms with E-state index in [4.69, 9.17) is 9.47 Å². The second-order valence-electron chi connectivity index (χ2n) is 7.82. The summed E-state index contributed by atoms with van der Waals surface area (Å²) < 4.78 is 11.2. The number of rotatable bonds is 13. The zero-order valence-electron chi connectivity index (χ0n) is 17.8. The van der Waals surface area contributed by atoms with Gasteiger partial charge in [-0.15, -0.1) is 24.0 Å². The monoisotopic (exact) mass is 530 g/mol. The van der Waals surface area contributed by atoms with E-state index in [0.717, 1.165) is 63.9 Å². The zero-order chi connectivity index (χ0) is 20.3. The topological polar surface area (TPSA) is 84.0 Å². The third-order valence-electron chi connectivity index (χ3n) is 4.97. The SMILES string of the molecule is CN=C(NCCCOCC1CC1)NCCc1ccc(OCC(=O)NC2CC2)cc1.I. The maximum absolute atomic E-state index is 11.7. The first-order valence-electron chi connectivity index (χ1n) is 10.8. The molecule has 0 aromatic heterocycles. The number of carbonyl (C=O) groups is 1. The third kappa shape index (κ3) is 10.5. The number of hydrogen-bond acceptors (Lipinski definition) is 4. The molecule has 3 N–H and O–H groups in total. The molecule has 1 aromatic rings. The van der Waals surface area contributed by atoms with E-state index < -0.39 is 0 Å². The minimum Gasteiger partial charge on any atom is -0.484 e. The van der Waals surface area contributed by atoms with Crippen LogP contribution < -0.4 is 20.7 Å². The number of ether oxygens (including phenoxy) is 2. The molecule has 2 fully saturated rings. The van der Waals surface area contributed by atoms with Gasteiger partial charge in [-0.2, -0.15) is 0 Å². The minimum absolute atomic E-state index is 0. The number of benzene rings is 1. The molecule has 3 rings (SSSR count). The van der Waals surface area contributed by atoms with Gasteiger partial charge in [0, 0.05) is 39.4 Å². The summed E-state index contributed by atoms with van der Waals surface area (Å²) in [5.41, 5.74) is 1.20. The highest BCUT2D eigenvalue weighted by Gasteiger charge is 2.23. The Balaban J connectivity index is 0.00000320. The van der Waals surface area contributed by atoms with Crippen molar-refractivity contribution in [2.24, 2.45) is 10.9 Å². The van der Waals surface area contributed by atoms with E-state index in [9.17, 15) is 4.79 Å². The lowest BCUT2D eigenvalue weighted by Gasteiger charge is -2.12. The molecule has 0 radical (unpaired) electrons. The molecule has 0 heterocycles. The van der Waals surface area contributed by atoms with E-state index >= 15 is 0 Å². The van der Waals surface area contributed by atoms with E-state index in [2.05, 4.69) is 20.9 Å². The van der Waals surface area contributed by atoms with E-state index in [1.165, 1.54) is 18.4 Å². The van der Waals surface area contributed by atoms with Gasteiger partial charge in [0.1, 0.15) is 5.75 Å². The number of nitrogens with zero attached hydrogens (tertiary/aromatic N) is 1. The summed E-state index contributed by atoms with van der Waals surface area (Å²) in [5.74, 6) is 2.31. The molecule has 0 saturated heterocycles. The van der Waals surface area contributed by atoms with Crippen LogP contribution >= 0.6 is 24.0 Å². The summed E-state index contributed by atoms with van der Waals surface area (Å²) in [5, 5.41) is 9.56. The molecule has 0 spiro atoms. The molecule has 168 valence electrons. The standard InChI is InChI=1S/C22H34N4O3.HI/c1-23-22(24-12-2-14-28-15-18-3-4-18)25-13-11-17-5-9-20(10-6-17)29-16-21(27)26-19-7-8-19;/h5-6,9-10,18-19H,2-4,7-8,11-16H2,1H3,(H,26,27)(H2,23,24,25);1H. The van der Waals surface area contributed by atoms with Crippen molar-refractivity contribution >= 4 is 35.8 Å². The maximum atomic E-state index is 11.7. The van der Waals surface area contributed by atoms with E-state index in [1.807, 2.05) is 24.3 Å². The Morgan fingerprint density at radius 3 is 2.50 bits per heavy atom. The fraction of sp³-hybridized carbons (Fsp3) is 0.636. The highest BCUT2D eigenvalue weighted by Crippen LogP contribution is 2.28. The van der Waals surface area contributed by atoms with Gasteiger partial charge in [0.2, 0.25) is 0 Å². The lowest BCUT2D eigenvalue weighted by Crippen LogP contribution is -2.39. The van der Waals surface area contributed by atoms with Gasteiger partial charge in [-0.25, -0.2) is 0 Å². The van der Waals surface area contributed by atoms with Crippen LogP contribution in [0.2, 0.25) is 0 Å². The summed E-state index contributed by atoms with van der Waals surface area (Å²) in [6, 6.07) is 8.25. The Morgan fingerprint density at radius 1 is 1.10 bits per heavy atom. The quantitative estimate of drug-likeness (QED) is 0.158. The zero-order valence-corrected chi connectivity index (χ0v) is 20.2. The number of carbonyl (C=O) groups excluding carboxylic acids is 1. The second-order valence-corrected chi connectivity index (χ2v) is 7.82. The molecular formula is C22H35IN4O3. The molecule has 2 aliphatic rings. The summed E-state index contributed by atoms with van der Waals surface area (Å²) in [6.45, 7) is 3.44. The largest absolute Gasteiger partial charge is 0.484 e. The molecule has 0 unspecified atom stereocenters. The Labute approximate surface area is 196 Å². The van der Waals surface area contributed by atoms with Crippen LogP contribution in [-0.4, -0.2) is 57.9 Å². The van der Waals surface area contributed by atoms with Crippen molar-refractivity contribution in [2.75, 3.05) is 40.0 Å². The first-order valence-corrected chi connectivity index (χ1v) is 10.8. The highest BCUT2D eigenvalue weighted by atomic mass is 127. The first kappa shape index (κ1) is 24.7. The Kier molecular flexibility index (Phi) is 11.3. The Morgan fingerprint density at radius 2 is 1.83 bits per heavy atom. The molecular weight excluding hydrogens is 495 g/mol. The van der Waals surface area contributed by atoms with Crippen molar-refractivity contribution in [3.05, 3.63) is 29.8 Å². The fourth-order valence-corrected chi connectivity index (χ4v) is 2.86. The summed E-state index contributed by atoms with van der Waals surface area (Å²) in [7, 11) is 1.78. The number of guanidine groups is 1. The summed E-state index contributed by atoms with van der Waals surface area (Å²) in [4.78, 5) is 15.9. The van der Waals surface area contributed by atoms with Crippen LogP contribution in [0.15, 0.2) is 29.3 Å². The summed E-state index contributed by atoms with van der Waals surface area (Å²) in [6.07, 6.45) is 6.71. The van der Waals surface area contributed by atoms with Crippen molar-refractivity contribution in [1.29, 1.82) is 0 Å². The van der Waals surface area contributed by atoms with Crippen LogP contribution in [0.5, 0.6) is 5.75 Å². The van der Waals surface area contributed by atoms with Gasteiger partial charge in [-0.3, -0.25) is 9.79 Å². The molecule has 2 saturated carbocycles. The van der Waals surface area contributed by atoms with Gasteiger partial charge in [-0.1, -0.05) is 12.1 Å². The predicted octanol–water partition coefficient (Wildman–Crippen LogP) is 2.49. The summed E-state index contributed by atoms with van der Waals surface area (Å²) >= 11 is 0. The van der Waals surface area contributed by atoms with E-state index in [1.54, 1.807) is 7.05 Å². The predicted molar refractivity (Wildman–Crippen MR) is 130 cm³/mol. The lowest BCUT2D eigenvalue weighted by atomic mass is 10.1. The molecule has 2 aliphatic carbocycles. The molecule has 1 amide bonds. The van der Waals surface area contributed by atoms with Gasteiger partial charge in [-0.05, 0) is 62.1 Å². The van der Waals surface area contributed by atoms with Crippen LogP contribution in [0.1, 0.15) is 37.7 Å². The number of hydrogen-bond donors (Lipinski definition) is 3. The minimum atomic E-state index is -0.0471. The molecule has 0 atom stereocenters. The number of halogens is 1. The molecule has 0 aliphatic heterocycles. The number of aliphatic imine (C=N–C) groups is 1. The normalized spacial score (nSPS) is 15.8. The van der Waals surface area contributed by atoms with Crippen LogP contribution in [0.25, 0.3) is 0 Å². The smallest absolute Gasteiger partial charge is 0.258 e. The van der Waals surface area contributed by atoms with Gasteiger partial charge >= 0.3 is 0 Å². The van der Waals surface area contributed by atoms with E-state index in [-0.39, 0.29) is 36.5 Å². The average Bonchev–Trinajstić information content (AvgIpc) is 3.65. The van der Waals surface area contributed by atoms with Crippen molar-refractivity contribution < 1.29 is 14.3 Å². The van der Waals surface area contributed by atoms with Crippen molar-refractivity contribution in [3.8, 4) is 5.75 Å². The van der Waals surface area contributed by atoms with Crippen molar-refractivity contribution in [1.82, 2.24) is 16.0 Å². The fourth-order valence-electron chi connectivity index (χ4n) is 2.86. The van der Waals surface area contributed by atoms with Gasteiger partial charge in [0.25, 0.3) is 5.91 Å². The van der Waals surface area contributed by atoms with Gasteiger partial charge in [0.15, 0.2) is 12.6 Å². The maximum Gasteiger partial charge on any atom is 0.258 e. The molecule has 7 nitrogen and oxygen atoms in total.